The van der Waals surface area contributed by atoms with Gasteiger partial charge in [0.15, 0.2) is 0 Å². The van der Waals surface area contributed by atoms with Gasteiger partial charge in [0.2, 0.25) is 0 Å². The van der Waals surface area contributed by atoms with E-state index in [-0.39, 0.29) is 5.91 Å². The van der Waals surface area contributed by atoms with Crippen molar-refractivity contribution in [2.45, 2.75) is 26.2 Å². The fraction of sp³-hybridized carbons (Fsp3) is 0.538. The molecule has 1 aromatic heterocycles. The number of carbonyl (C=O) groups is 1. The Morgan fingerprint density at radius 1 is 1.53 bits per heavy atom. The van der Waals surface area contributed by atoms with Crippen molar-refractivity contribution in [3.8, 4) is 0 Å². The Labute approximate surface area is 110 Å². The first-order chi connectivity index (χ1) is 8.15. The molecule has 17 heavy (non-hydrogen) atoms. The first kappa shape index (κ1) is 12.6. The lowest BCUT2D eigenvalue weighted by Crippen LogP contribution is -2.28. The molecule has 0 radical (unpaired) electrons. The monoisotopic (exact) mass is 296 g/mol. The molecule has 0 bridgehead atoms. The van der Waals surface area contributed by atoms with Crippen LogP contribution in [0.25, 0.3) is 0 Å². The van der Waals surface area contributed by atoms with Gasteiger partial charge in [-0.3, -0.25) is 4.79 Å². The number of hydrogen-bond donors (Lipinski definition) is 1. The summed E-state index contributed by atoms with van der Waals surface area (Å²) in [5.74, 6) is 1.44. The van der Waals surface area contributed by atoms with Gasteiger partial charge in [-0.25, -0.2) is 4.98 Å². The van der Waals surface area contributed by atoms with Crippen LogP contribution in [0.2, 0.25) is 0 Å². The lowest BCUT2D eigenvalue weighted by atomic mass is 10.1. The lowest BCUT2D eigenvalue weighted by Gasteiger charge is -2.10. The molecule has 1 heterocycles. The number of hydrogen-bond acceptors (Lipinski definition) is 2. The summed E-state index contributed by atoms with van der Waals surface area (Å²) in [7, 11) is 0. The van der Waals surface area contributed by atoms with Crippen molar-refractivity contribution in [3.05, 3.63) is 28.5 Å². The minimum atomic E-state index is -0.0236. The number of nitrogens with zero attached hydrogens (tertiary/aromatic N) is 1. The largest absolute Gasteiger partial charge is 0.352 e. The maximum atomic E-state index is 11.8. The zero-order chi connectivity index (χ0) is 12.3. The molecule has 1 N–H and O–H groups in total. The van der Waals surface area contributed by atoms with Crippen LogP contribution in [0.4, 0.5) is 0 Å². The fourth-order valence-corrected chi connectivity index (χ4v) is 2.59. The van der Waals surface area contributed by atoms with Crippen molar-refractivity contribution < 1.29 is 4.79 Å². The summed E-state index contributed by atoms with van der Waals surface area (Å²) in [4.78, 5) is 15.9. The third kappa shape index (κ3) is 3.53. The molecule has 0 saturated heterocycles. The summed E-state index contributed by atoms with van der Waals surface area (Å²) in [5, 5.41) is 2.99. The van der Waals surface area contributed by atoms with E-state index >= 15 is 0 Å². The number of rotatable bonds is 3. The number of pyridine rings is 1. The fourth-order valence-electron chi connectivity index (χ4n) is 2.36. The second-order valence-electron chi connectivity index (χ2n) is 4.86. The van der Waals surface area contributed by atoms with Crippen molar-refractivity contribution >= 4 is 21.8 Å². The predicted molar refractivity (Wildman–Crippen MR) is 70.8 cm³/mol. The molecule has 3 nitrogen and oxygen atoms in total. The average molecular weight is 297 g/mol. The molecular weight excluding hydrogens is 280 g/mol. The van der Waals surface area contributed by atoms with E-state index in [2.05, 4.69) is 33.2 Å². The van der Waals surface area contributed by atoms with Gasteiger partial charge in [0.25, 0.3) is 5.91 Å². The van der Waals surface area contributed by atoms with Crippen molar-refractivity contribution in [1.82, 2.24) is 10.3 Å². The van der Waals surface area contributed by atoms with E-state index in [9.17, 15) is 4.79 Å². The van der Waals surface area contributed by atoms with Gasteiger partial charge in [0.1, 0.15) is 4.60 Å². The maximum Gasteiger partial charge on any atom is 0.252 e. The van der Waals surface area contributed by atoms with Gasteiger partial charge < -0.3 is 5.32 Å². The van der Waals surface area contributed by atoms with E-state index in [0.29, 0.717) is 11.5 Å². The second-order valence-corrected chi connectivity index (χ2v) is 5.68. The van der Waals surface area contributed by atoms with Crippen molar-refractivity contribution in [3.63, 3.8) is 0 Å². The Morgan fingerprint density at radius 2 is 2.35 bits per heavy atom. The molecule has 0 aliphatic heterocycles. The quantitative estimate of drug-likeness (QED) is 0.871. The summed E-state index contributed by atoms with van der Waals surface area (Å²) in [5.41, 5.74) is 0.624. The summed E-state index contributed by atoms with van der Waals surface area (Å²) in [6.07, 6.45) is 5.36. The highest BCUT2D eigenvalue weighted by atomic mass is 79.9. The molecular formula is C13H17BrN2O. The van der Waals surface area contributed by atoms with Crippen molar-refractivity contribution in [2.75, 3.05) is 6.54 Å². The summed E-state index contributed by atoms with van der Waals surface area (Å²) < 4.78 is 0.749. The van der Waals surface area contributed by atoms with Crippen molar-refractivity contribution in [2.24, 2.45) is 11.8 Å². The predicted octanol–water partition coefficient (Wildman–Crippen LogP) is 3.01. The van der Waals surface area contributed by atoms with Crippen LogP contribution in [-0.4, -0.2) is 17.4 Å². The molecule has 0 aromatic carbocycles. The lowest BCUT2D eigenvalue weighted by molar-refractivity contribution is 0.0946. The maximum absolute atomic E-state index is 11.8. The molecule has 1 fully saturated rings. The molecule has 92 valence electrons. The SMILES string of the molecule is CC1CCC(CNC(=O)c2ccc(Br)nc2)C1. The number of nitrogens with one attached hydrogen (secondary N) is 1. The molecule has 1 aliphatic rings. The molecule has 1 aromatic rings. The Kier molecular flexibility index (Phi) is 4.15. The van der Waals surface area contributed by atoms with Gasteiger partial charge in [-0.15, -0.1) is 0 Å². The minimum Gasteiger partial charge on any atom is -0.352 e. The van der Waals surface area contributed by atoms with Gasteiger partial charge in [-0.2, -0.15) is 0 Å². The van der Waals surface area contributed by atoms with E-state index in [4.69, 9.17) is 0 Å². The molecule has 2 rings (SSSR count). The highest BCUT2D eigenvalue weighted by molar-refractivity contribution is 9.10. The third-order valence-corrected chi connectivity index (χ3v) is 3.81. The van der Waals surface area contributed by atoms with Crippen LogP contribution >= 0.6 is 15.9 Å². The molecule has 4 heteroatoms. The van der Waals surface area contributed by atoms with E-state index in [1.807, 2.05) is 0 Å². The molecule has 2 atom stereocenters. The Hall–Kier alpha value is -0.900. The summed E-state index contributed by atoms with van der Waals surface area (Å²) >= 11 is 3.25. The molecule has 2 unspecified atom stereocenters. The van der Waals surface area contributed by atoms with Crippen LogP contribution in [0.5, 0.6) is 0 Å². The van der Waals surface area contributed by atoms with Gasteiger partial charge in [0, 0.05) is 12.7 Å². The second kappa shape index (κ2) is 5.63. The van der Waals surface area contributed by atoms with E-state index < -0.39 is 0 Å². The normalized spacial score (nSPS) is 23.6. The molecule has 1 amide bonds. The number of carbonyl (C=O) groups excluding carboxylic acids is 1. The molecule has 1 saturated carbocycles. The highest BCUT2D eigenvalue weighted by Gasteiger charge is 2.21. The Morgan fingerprint density at radius 3 is 2.94 bits per heavy atom. The standard InChI is InChI=1S/C13H17BrN2O/c1-9-2-3-10(6-9)7-16-13(17)11-4-5-12(14)15-8-11/h4-5,8-10H,2-3,6-7H2,1H3,(H,16,17). The van der Waals surface area contributed by atoms with Crippen LogP contribution < -0.4 is 5.32 Å². The van der Waals surface area contributed by atoms with Gasteiger partial charge in [-0.1, -0.05) is 13.3 Å². The van der Waals surface area contributed by atoms with Gasteiger partial charge in [-0.05, 0) is 52.7 Å². The zero-order valence-corrected chi connectivity index (χ0v) is 11.5. The minimum absolute atomic E-state index is 0.0236. The Balaban J connectivity index is 1.83. The molecule has 0 spiro atoms. The van der Waals surface area contributed by atoms with Crippen LogP contribution in [0.1, 0.15) is 36.5 Å². The smallest absolute Gasteiger partial charge is 0.252 e. The van der Waals surface area contributed by atoms with Gasteiger partial charge in [0.05, 0.1) is 5.56 Å². The van der Waals surface area contributed by atoms with Crippen LogP contribution in [-0.2, 0) is 0 Å². The number of aromatic nitrogens is 1. The topological polar surface area (TPSA) is 42.0 Å². The third-order valence-electron chi connectivity index (χ3n) is 3.34. The average Bonchev–Trinajstić information content (AvgIpc) is 2.73. The van der Waals surface area contributed by atoms with E-state index in [0.717, 1.165) is 17.1 Å². The number of amides is 1. The summed E-state index contributed by atoms with van der Waals surface area (Å²) in [6, 6.07) is 3.57. The van der Waals surface area contributed by atoms with Crippen LogP contribution in [0.15, 0.2) is 22.9 Å². The van der Waals surface area contributed by atoms with Crippen molar-refractivity contribution in [1.29, 1.82) is 0 Å². The van der Waals surface area contributed by atoms with E-state index in [1.54, 1.807) is 18.3 Å². The van der Waals surface area contributed by atoms with Crippen LogP contribution in [0.3, 0.4) is 0 Å². The number of halogens is 1. The Bertz CT molecular complexity index is 391. The first-order valence-electron chi connectivity index (χ1n) is 6.05. The zero-order valence-electron chi connectivity index (χ0n) is 9.95. The summed E-state index contributed by atoms with van der Waals surface area (Å²) in [6.45, 7) is 3.07. The molecule has 1 aliphatic carbocycles. The van der Waals surface area contributed by atoms with Crippen LogP contribution in [0, 0.1) is 11.8 Å². The first-order valence-corrected chi connectivity index (χ1v) is 6.84. The highest BCUT2D eigenvalue weighted by Crippen LogP contribution is 2.29. The van der Waals surface area contributed by atoms with Gasteiger partial charge >= 0.3 is 0 Å². The van der Waals surface area contributed by atoms with E-state index in [1.165, 1.54) is 19.3 Å².